The van der Waals surface area contributed by atoms with Crippen LogP contribution in [0.4, 0.5) is 4.79 Å². The van der Waals surface area contributed by atoms with Gasteiger partial charge in [-0.3, -0.25) is 10.1 Å². The summed E-state index contributed by atoms with van der Waals surface area (Å²) in [6.45, 7) is 5.17. The molecule has 0 bridgehead atoms. The van der Waals surface area contributed by atoms with Gasteiger partial charge >= 0.3 is 6.09 Å². The number of hydrogen-bond acceptors (Lipinski definition) is 5. The summed E-state index contributed by atoms with van der Waals surface area (Å²) in [6.07, 6.45) is 0.587. The molecule has 1 unspecified atom stereocenters. The molecular formula is C11H22N2O5. The summed E-state index contributed by atoms with van der Waals surface area (Å²) in [5.41, 5.74) is 4.41. The van der Waals surface area contributed by atoms with Crippen molar-refractivity contribution in [2.75, 3.05) is 6.61 Å². The molecule has 0 aromatic rings. The lowest BCUT2D eigenvalue weighted by atomic mass is 10.1. The fourth-order valence-electron chi connectivity index (χ4n) is 1.28. The summed E-state index contributed by atoms with van der Waals surface area (Å²) in [5, 5.41) is 11.0. The van der Waals surface area contributed by atoms with E-state index in [1.54, 1.807) is 20.8 Å². The van der Waals surface area contributed by atoms with Crippen LogP contribution in [0.1, 0.15) is 40.0 Å². The van der Waals surface area contributed by atoms with Gasteiger partial charge < -0.3 is 15.8 Å². The van der Waals surface area contributed by atoms with Crippen LogP contribution in [0.15, 0.2) is 0 Å². The second-order valence-corrected chi connectivity index (χ2v) is 5.00. The molecule has 1 atom stereocenters. The molecule has 0 aromatic heterocycles. The van der Waals surface area contributed by atoms with E-state index in [1.165, 1.54) is 0 Å². The predicted molar refractivity (Wildman–Crippen MR) is 64.8 cm³/mol. The highest BCUT2D eigenvalue weighted by atomic mass is 17.1. The van der Waals surface area contributed by atoms with Crippen molar-refractivity contribution in [2.45, 2.75) is 51.7 Å². The van der Waals surface area contributed by atoms with Gasteiger partial charge in [-0.15, -0.1) is 0 Å². The smallest absolute Gasteiger partial charge is 0.407 e. The summed E-state index contributed by atoms with van der Waals surface area (Å²) < 4.78 is 5.06. The minimum Gasteiger partial charge on any atom is -0.444 e. The van der Waals surface area contributed by atoms with Gasteiger partial charge in [-0.25, -0.2) is 9.68 Å². The van der Waals surface area contributed by atoms with Gasteiger partial charge in [-0.2, -0.15) is 0 Å². The molecule has 2 amide bonds. The molecule has 106 valence electrons. The Labute approximate surface area is 107 Å². The number of amides is 2. The van der Waals surface area contributed by atoms with E-state index < -0.39 is 23.6 Å². The molecule has 7 heteroatoms. The van der Waals surface area contributed by atoms with Crippen LogP contribution in [0.2, 0.25) is 0 Å². The maximum absolute atomic E-state index is 11.5. The Morgan fingerprint density at radius 1 is 1.39 bits per heavy atom. The van der Waals surface area contributed by atoms with Gasteiger partial charge in [0.2, 0.25) is 5.91 Å². The van der Waals surface area contributed by atoms with Gasteiger partial charge in [-0.1, -0.05) is 0 Å². The number of nitrogens with two attached hydrogens (primary N) is 1. The quantitative estimate of drug-likeness (QED) is 0.468. The second kappa shape index (κ2) is 7.88. The Balaban J connectivity index is 4.09. The van der Waals surface area contributed by atoms with Crippen molar-refractivity contribution in [1.29, 1.82) is 0 Å². The zero-order valence-corrected chi connectivity index (χ0v) is 11.1. The standard InChI is InChI=1S/C11H22N2O5/c1-11(2,3)18-10(15)13-8(7-17-16)5-4-6-9(12)14/h8,16H,4-7H2,1-3H3,(H2,12,14)(H,13,15). The lowest BCUT2D eigenvalue weighted by Gasteiger charge is -2.22. The van der Waals surface area contributed by atoms with E-state index in [0.29, 0.717) is 12.8 Å². The van der Waals surface area contributed by atoms with Crippen LogP contribution >= 0.6 is 0 Å². The van der Waals surface area contributed by atoms with Crippen molar-refractivity contribution in [2.24, 2.45) is 5.73 Å². The molecule has 0 saturated carbocycles. The van der Waals surface area contributed by atoms with Crippen LogP contribution in [0.25, 0.3) is 0 Å². The summed E-state index contributed by atoms with van der Waals surface area (Å²) in [6, 6.07) is -0.427. The van der Waals surface area contributed by atoms with E-state index in [2.05, 4.69) is 10.2 Å². The van der Waals surface area contributed by atoms with Crippen LogP contribution in [0, 0.1) is 0 Å². The van der Waals surface area contributed by atoms with E-state index in [9.17, 15) is 9.59 Å². The number of ether oxygens (including phenoxy) is 1. The van der Waals surface area contributed by atoms with E-state index in [-0.39, 0.29) is 13.0 Å². The summed E-state index contributed by atoms with van der Waals surface area (Å²) >= 11 is 0. The number of carbonyl (C=O) groups is 2. The number of hydrogen-bond donors (Lipinski definition) is 3. The van der Waals surface area contributed by atoms with Gasteiger partial charge in [-0.05, 0) is 33.6 Å². The zero-order chi connectivity index (χ0) is 14.2. The molecule has 0 aromatic carbocycles. The number of primary amides is 1. The van der Waals surface area contributed by atoms with Crippen molar-refractivity contribution in [1.82, 2.24) is 5.32 Å². The van der Waals surface area contributed by atoms with E-state index >= 15 is 0 Å². The van der Waals surface area contributed by atoms with E-state index in [0.717, 1.165) is 0 Å². The Bertz CT molecular complexity index is 275. The fourth-order valence-corrected chi connectivity index (χ4v) is 1.28. The largest absolute Gasteiger partial charge is 0.444 e. The van der Waals surface area contributed by atoms with Crippen LogP contribution < -0.4 is 11.1 Å². The first-order valence-electron chi connectivity index (χ1n) is 5.79. The van der Waals surface area contributed by atoms with Gasteiger partial charge in [0.05, 0.1) is 6.04 Å². The third kappa shape index (κ3) is 9.86. The highest BCUT2D eigenvalue weighted by Gasteiger charge is 2.19. The molecule has 0 heterocycles. The lowest BCUT2D eigenvalue weighted by Crippen LogP contribution is -2.41. The Morgan fingerprint density at radius 2 is 2.00 bits per heavy atom. The minimum absolute atomic E-state index is 0.0714. The number of rotatable bonds is 7. The Morgan fingerprint density at radius 3 is 2.44 bits per heavy atom. The molecule has 7 nitrogen and oxygen atoms in total. The third-order valence-electron chi connectivity index (χ3n) is 1.97. The Hall–Kier alpha value is -1.34. The SMILES string of the molecule is CC(C)(C)OC(=O)NC(CCCC(N)=O)COO. The van der Waals surface area contributed by atoms with E-state index in [1.807, 2.05) is 0 Å². The maximum Gasteiger partial charge on any atom is 0.407 e. The molecule has 0 aliphatic heterocycles. The molecular weight excluding hydrogens is 240 g/mol. The minimum atomic E-state index is -0.595. The molecule has 0 fully saturated rings. The molecule has 0 spiro atoms. The molecule has 0 aliphatic carbocycles. The van der Waals surface area contributed by atoms with Gasteiger partial charge in [0.1, 0.15) is 12.2 Å². The monoisotopic (exact) mass is 262 g/mol. The number of nitrogens with one attached hydrogen (secondary N) is 1. The molecule has 0 aliphatic rings. The highest BCUT2D eigenvalue weighted by Crippen LogP contribution is 2.08. The summed E-state index contributed by atoms with van der Waals surface area (Å²) in [4.78, 5) is 26.1. The predicted octanol–water partition coefficient (Wildman–Crippen LogP) is 1.02. The molecule has 0 radical (unpaired) electrons. The second-order valence-electron chi connectivity index (χ2n) is 5.00. The van der Waals surface area contributed by atoms with Gasteiger partial charge in [0.15, 0.2) is 0 Å². The molecule has 0 rings (SSSR count). The molecule has 4 N–H and O–H groups in total. The normalized spacial score (nSPS) is 12.9. The van der Waals surface area contributed by atoms with Crippen molar-refractivity contribution in [3.05, 3.63) is 0 Å². The summed E-state index contributed by atoms with van der Waals surface area (Å²) in [7, 11) is 0. The zero-order valence-electron chi connectivity index (χ0n) is 11.1. The fraction of sp³-hybridized carbons (Fsp3) is 0.818. The maximum atomic E-state index is 11.5. The highest BCUT2D eigenvalue weighted by molar-refractivity contribution is 5.73. The summed E-state index contributed by atoms with van der Waals surface area (Å²) in [5.74, 6) is -0.407. The first kappa shape index (κ1) is 16.7. The average molecular weight is 262 g/mol. The van der Waals surface area contributed by atoms with Crippen molar-refractivity contribution < 1.29 is 24.5 Å². The van der Waals surface area contributed by atoms with Gasteiger partial charge in [0, 0.05) is 6.42 Å². The van der Waals surface area contributed by atoms with Gasteiger partial charge in [0.25, 0.3) is 0 Å². The Kier molecular flexibility index (Phi) is 7.30. The van der Waals surface area contributed by atoms with Crippen molar-refractivity contribution in [3.63, 3.8) is 0 Å². The van der Waals surface area contributed by atoms with Crippen molar-refractivity contribution >= 4 is 12.0 Å². The number of carbonyl (C=O) groups excluding carboxylic acids is 2. The topological polar surface area (TPSA) is 111 Å². The van der Waals surface area contributed by atoms with E-state index in [4.69, 9.17) is 15.7 Å². The molecule has 0 saturated heterocycles. The third-order valence-corrected chi connectivity index (χ3v) is 1.97. The van der Waals surface area contributed by atoms with Crippen LogP contribution in [0.5, 0.6) is 0 Å². The number of alkyl carbamates (subject to hydrolysis) is 1. The van der Waals surface area contributed by atoms with Crippen LogP contribution in [-0.2, 0) is 14.4 Å². The lowest BCUT2D eigenvalue weighted by molar-refractivity contribution is -0.246. The first-order valence-corrected chi connectivity index (χ1v) is 5.79. The van der Waals surface area contributed by atoms with Crippen molar-refractivity contribution in [3.8, 4) is 0 Å². The first-order chi connectivity index (χ1) is 8.24. The van der Waals surface area contributed by atoms with Crippen LogP contribution in [-0.4, -0.2) is 35.5 Å². The average Bonchev–Trinajstić information content (AvgIpc) is 2.13. The van der Waals surface area contributed by atoms with Crippen LogP contribution in [0.3, 0.4) is 0 Å². The molecule has 18 heavy (non-hydrogen) atoms.